The molecular formula is C21H25N. The Hall–Kier alpha value is -2.02. The van der Waals surface area contributed by atoms with Crippen molar-refractivity contribution in [3.05, 3.63) is 76.5 Å². The molecule has 114 valence electrons. The summed E-state index contributed by atoms with van der Waals surface area (Å²) in [5, 5.41) is 0. The molecule has 22 heavy (non-hydrogen) atoms. The summed E-state index contributed by atoms with van der Waals surface area (Å²) < 4.78 is 0. The Labute approximate surface area is 134 Å². The van der Waals surface area contributed by atoms with Crippen LogP contribution in [0.5, 0.6) is 0 Å². The van der Waals surface area contributed by atoms with Crippen LogP contribution in [0.1, 0.15) is 45.6 Å². The van der Waals surface area contributed by atoms with Crippen LogP contribution in [-0.4, -0.2) is 11.4 Å². The molecule has 2 aliphatic heterocycles. The maximum Gasteiger partial charge on any atom is 0.0481 e. The van der Waals surface area contributed by atoms with E-state index in [0.717, 1.165) is 25.8 Å². The molecule has 1 aromatic carbocycles. The Kier molecular flexibility index (Phi) is 4.33. The molecule has 2 aliphatic rings. The molecule has 0 unspecified atom stereocenters. The number of allylic oxidation sites excluding steroid dienone is 6. The van der Waals surface area contributed by atoms with Crippen molar-refractivity contribution < 1.29 is 0 Å². The van der Waals surface area contributed by atoms with E-state index in [2.05, 4.69) is 74.2 Å². The third kappa shape index (κ3) is 3.09. The minimum atomic E-state index is 1.07. The van der Waals surface area contributed by atoms with Crippen molar-refractivity contribution >= 4 is 5.70 Å². The monoisotopic (exact) mass is 291 g/mol. The number of hydrogen-bond donors (Lipinski definition) is 0. The molecule has 0 aromatic heterocycles. The van der Waals surface area contributed by atoms with E-state index in [4.69, 9.17) is 0 Å². The van der Waals surface area contributed by atoms with Gasteiger partial charge < -0.3 is 4.90 Å². The summed E-state index contributed by atoms with van der Waals surface area (Å²) in [5.74, 6) is 0. The van der Waals surface area contributed by atoms with E-state index < -0.39 is 0 Å². The molecule has 1 aromatic rings. The fourth-order valence-corrected chi connectivity index (χ4v) is 3.13. The standard InChI is InChI=1S/C21H25N/c1-16-9-11-20-15-18(3)17(2)13-14-22(20)21(12-10-16)19-7-5-4-6-8-19/h4-8,10,12,15H,9,11,13-14H2,1-3H3/b16-10+,21-12-. The molecular weight excluding hydrogens is 266 g/mol. The van der Waals surface area contributed by atoms with Gasteiger partial charge in [0.05, 0.1) is 0 Å². The lowest BCUT2D eigenvalue weighted by Gasteiger charge is -2.31. The summed E-state index contributed by atoms with van der Waals surface area (Å²) in [6, 6.07) is 10.8. The van der Waals surface area contributed by atoms with Crippen LogP contribution in [0.25, 0.3) is 5.70 Å². The highest BCUT2D eigenvalue weighted by Crippen LogP contribution is 2.33. The van der Waals surface area contributed by atoms with Crippen LogP contribution in [0.4, 0.5) is 0 Å². The predicted octanol–water partition coefficient (Wildman–Crippen LogP) is 5.69. The van der Waals surface area contributed by atoms with E-state index in [0.29, 0.717) is 0 Å². The zero-order valence-electron chi connectivity index (χ0n) is 13.9. The quantitative estimate of drug-likeness (QED) is 0.642. The number of hydrogen-bond acceptors (Lipinski definition) is 1. The van der Waals surface area contributed by atoms with E-state index in [-0.39, 0.29) is 0 Å². The van der Waals surface area contributed by atoms with Crippen molar-refractivity contribution in [3.8, 4) is 0 Å². The van der Waals surface area contributed by atoms with Crippen LogP contribution < -0.4 is 0 Å². The van der Waals surface area contributed by atoms with Crippen LogP contribution >= 0.6 is 0 Å². The van der Waals surface area contributed by atoms with Crippen LogP contribution in [0.15, 0.2) is 71.0 Å². The van der Waals surface area contributed by atoms with E-state index in [1.54, 1.807) is 0 Å². The lowest BCUT2D eigenvalue weighted by Crippen LogP contribution is -2.23. The number of nitrogens with zero attached hydrogens (tertiary/aromatic N) is 1. The molecule has 1 nitrogen and oxygen atoms in total. The highest BCUT2D eigenvalue weighted by atomic mass is 15.1. The second kappa shape index (κ2) is 6.39. The normalized spacial score (nSPS) is 24.1. The van der Waals surface area contributed by atoms with Crippen molar-refractivity contribution in [2.24, 2.45) is 0 Å². The highest BCUT2D eigenvalue weighted by molar-refractivity contribution is 5.68. The summed E-state index contributed by atoms with van der Waals surface area (Å²) >= 11 is 0. The number of benzene rings is 1. The van der Waals surface area contributed by atoms with Gasteiger partial charge in [0.15, 0.2) is 0 Å². The molecule has 0 fully saturated rings. The van der Waals surface area contributed by atoms with Gasteiger partial charge in [-0.2, -0.15) is 0 Å². The minimum Gasteiger partial charge on any atom is -0.344 e. The van der Waals surface area contributed by atoms with Crippen molar-refractivity contribution in [1.82, 2.24) is 4.90 Å². The van der Waals surface area contributed by atoms with Gasteiger partial charge in [-0.15, -0.1) is 0 Å². The van der Waals surface area contributed by atoms with Gasteiger partial charge in [-0.25, -0.2) is 0 Å². The lowest BCUT2D eigenvalue weighted by atomic mass is 10.0. The van der Waals surface area contributed by atoms with Gasteiger partial charge in [0.1, 0.15) is 0 Å². The molecule has 0 bridgehead atoms. The maximum atomic E-state index is 2.53. The average Bonchev–Trinajstić information content (AvgIpc) is 2.65. The molecule has 0 saturated carbocycles. The first-order chi connectivity index (χ1) is 10.6. The van der Waals surface area contributed by atoms with Gasteiger partial charge in [0, 0.05) is 17.9 Å². The molecule has 0 saturated heterocycles. The molecule has 0 amide bonds. The Balaban J connectivity index is 2.08. The molecule has 0 spiro atoms. The molecule has 2 heterocycles. The van der Waals surface area contributed by atoms with E-state index in [1.807, 2.05) is 0 Å². The number of rotatable bonds is 1. The van der Waals surface area contributed by atoms with Gasteiger partial charge in [-0.05, 0) is 57.7 Å². The topological polar surface area (TPSA) is 3.24 Å². The largest absolute Gasteiger partial charge is 0.344 e. The van der Waals surface area contributed by atoms with Gasteiger partial charge in [-0.1, -0.05) is 53.1 Å². The Morgan fingerprint density at radius 3 is 2.41 bits per heavy atom. The SMILES string of the molecule is CC1=C(C)CCN2C(=C1)CC/C(C)=C/C=C\2c1ccccc1. The minimum absolute atomic E-state index is 1.07. The van der Waals surface area contributed by atoms with Gasteiger partial charge >= 0.3 is 0 Å². The highest BCUT2D eigenvalue weighted by Gasteiger charge is 2.20. The third-order valence-electron chi connectivity index (χ3n) is 4.77. The zero-order valence-corrected chi connectivity index (χ0v) is 13.9. The van der Waals surface area contributed by atoms with Crippen LogP contribution in [-0.2, 0) is 0 Å². The van der Waals surface area contributed by atoms with E-state index in [9.17, 15) is 0 Å². The Morgan fingerprint density at radius 2 is 1.64 bits per heavy atom. The number of fused-ring (bicyclic) bond motifs is 1. The molecule has 0 N–H and O–H groups in total. The Bertz CT molecular complexity index is 671. The Morgan fingerprint density at radius 1 is 0.864 bits per heavy atom. The fraction of sp³-hybridized carbons (Fsp3) is 0.333. The first-order valence-electron chi connectivity index (χ1n) is 8.22. The van der Waals surface area contributed by atoms with Crippen molar-refractivity contribution in [3.63, 3.8) is 0 Å². The smallest absolute Gasteiger partial charge is 0.0481 e. The fourth-order valence-electron chi connectivity index (χ4n) is 3.13. The van der Waals surface area contributed by atoms with Crippen molar-refractivity contribution in [2.75, 3.05) is 6.54 Å². The molecule has 1 heteroatoms. The molecule has 0 aliphatic carbocycles. The van der Waals surface area contributed by atoms with Gasteiger partial charge in [0.25, 0.3) is 0 Å². The summed E-state index contributed by atoms with van der Waals surface area (Å²) in [6.45, 7) is 7.82. The van der Waals surface area contributed by atoms with E-state index >= 15 is 0 Å². The summed E-state index contributed by atoms with van der Waals surface area (Å²) in [6.07, 6.45) is 10.4. The van der Waals surface area contributed by atoms with Crippen LogP contribution in [0, 0.1) is 0 Å². The van der Waals surface area contributed by atoms with Gasteiger partial charge in [0.2, 0.25) is 0 Å². The molecule has 0 radical (unpaired) electrons. The summed E-state index contributed by atoms with van der Waals surface area (Å²) in [7, 11) is 0. The first kappa shape index (κ1) is 14.9. The van der Waals surface area contributed by atoms with Crippen molar-refractivity contribution in [1.29, 1.82) is 0 Å². The average molecular weight is 291 g/mol. The second-order valence-electron chi connectivity index (χ2n) is 6.43. The first-order valence-corrected chi connectivity index (χ1v) is 8.22. The van der Waals surface area contributed by atoms with E-state index in [1.165, 1.54) is 33.7 Å². The lowest BCUT2D eigenvalue weighted by molar-refractivity contribution is 0.471. The van der Waals surface area contributed by atoms with Gasteiger partial charge in [-0.3, -0.25) is 0 Å². The molecule has 0 atom stereocenters. The van der Waals surface area contributed by atoms with Crippen molar-refractivity contribution in [2.45, 2.75) is 40.0 Å². The third-order valence-corrected chi connectivity index (χ3v) is 4.77. The molecule has 3 rings (SSSR count). The zero-order chi connectivity index (χ0) is 15.5. The maximum absolute atomic E-state index is 2.53. The van der Waals surface area contributed by atoms with Crippen LogP contribution in [0.2, 0.25) is 0 Å². The summed E-state index contributed by atoms with van der Waals surface area (Å²) in [4.78, 5) is 2.53. The second-order valence-corrected chi connectivity index (χ2v) is 6.43. The predicted molar refractivity (Wildman–Crippen MR) is 95.2 cm³/mol. The van der Waals surface area contributed by atoms with Crippen LogP contribution in [0.3, 0.4) is 0 Å². The summed E-state index contributed by atoms with van der Waals surface area (Å²) in [5.41, 5.74) is 8.49.